The first kappa shape index (κ1) is 25.6. The van der Waals surface area contributed by atoms with Gasteiger partial charge in [0.15, 0.2) is 0 Å². The summed E-state index contributed by atoms with van der Waals surface area (Å²) in [6, 6.07) is 20.7. The van der Waals surface area contributed by atoms with Crippen molar-refractivity contribution in [1.29, 1.82) is 0 Å². The molecule has 3 aromatic rings. The lowest BCUT2D eigenvalue weighted by molar-refractivity contribution is -0.121. The van der Waals surface area contributed by atoms with Crippen molar-refractivity contribution in [2.75, 3.05) is 27.3 Å². The fourth-order valence-corrected chi connectivity index (χ4v) is 4.97. The van der Waals surface area contributed by atoms with Crippen molar-refractivity contribution in [2.24, 2.45) is 0 Å². The van der Waals surface area contributed by atoms with Gasteiger partial charge in [-0.1, -0.05) is 48.0 Å². The van der Waals surface area contributed by atoms with Crippen LogP contribution in [0, 0.1) is 0 Å². The minimum absolute atomic E-state index is 0.0733. The highest BCUT2D eigenvalue weighted by Crippen LogP contribution is 2.28. The van der Waals surface area contributed by atoms with Gasteiger partial charge in [0.1, 0.15) is 11.5 Å². The van der Waals surface area contributed by atoms with E-state index in [1.165, 1.54) is 42.8 Å². The van der Waals surface area contributed by atoms with Crippen LogP contribution >= 0.6 is 11.6 Å². The molecule has 0 spiro atoms. The molecule has 0 aliphatic rings. The second kappa shape index (κ2) is 11.9. The van der Waals surface area contributed by atoms with E-state index in [0.29, 0.717) is 28.5 Å². The summed E-state index contributed by atoms with van der Waals surface area (Å²) in [7, 11) is -0.863. The third-order valence-electron chi connectivity index (χ3n) is 5.26. The molecule has 1 N–H and O–H groups in total. The van der Waals surface area contributed by atoms with Crippen molar-refractivity contribution in [1.82, 2.24) is 9.62 Å². The fourth-order valence-electron chi connectivity index (χ4n) is 3.44. The number of methoxy groups -OCH3 is 2. The Hall–Kier alpha value is -3.07. The first-order valence-electron chi connectivity index (χ1n) is 10.6. The Morgan fingerprint density at radius 2 is 1.53 bits per heavy atom. The quantitative estimate of drug-likeness (QED) is 0.430. The summed E-state index contributed by atoms with van der Waals surface area (Å²) in [5.41, 5.74) is 1.63. The average Bonchev–Trinajstić information content (AvgIpc) is 2.85. The highest BCUT2D eigenvalue weighted by Gasteiger charge is 2.26. The second-order valence-electron chi connectivity index (χ2n) is 7.45. The van der Waals surface area contributed by atoms with Gasteiger partial charge in [-0.2, -0.15) is 4.31 Å². The molecule has 0 bridgehead atoms. The number of hydrogen-bond acceptors (Lipinski definition) is 5. The summed E-state index contributed by atoms with van der Waals surface area (Å²) in [6.45, 7) is -0.0742. The largest absolute Gasteiger partial charge is 0.496 e. The molecule has 0 saturated carbocycles. The van der Waals surface area contributed by atoms with Gasteiger partial charge in [-0.3, -0.25) is 4.79 Å². The fraction of sp³-hybridized carbons (Fsp3) is 0.240. The Bertz CT molecular complexity index is 1180. The molecule has 7 nitrogen and oxygen atoms in total. The standard InChI is InChI=1S/C25H27ClN2O5S/c1-32-23-9-6-10-24(33-2)22(23)17-27-25(29)18-28(16-15-19-7-4-3-5-8-19)34(30,31)21-13-11-20(26)12-14-21/h3-14H,15-18H2,1-2H3,(H,27,29). The number of nitrogens with one attached hydrogen (secondary N) is 1. The van der Waals surface area contributed by atoms with Gasteiger partial charge in [-0.05, 0) is 48.4 Å². The number of nitrogens with zero attached hydrogens (tertiary/aromatic N) is 1. The van der Waals surface area contributed by atoms with Crippen LogP contribution in [-0.2, 0) is 27.8 Å². The van der Waals surface area contributed by atoms with E-state index in [1.54, 1.807) is 18.2 Å². The number of ether oxygens (including phenoxy) is 2. The summed E-state index contributed by atoms with van der Waals surface area (Å²) in [6.07, 6.45) is 0.460. The molecule has 9 heteroatoms. The SMILES string of the molecule is COc1cccc(OC)c1CNC(=O)CN(CCc1ccccc1)S(=O)(=O)c1ccc(Cl)cc1. The van der Waals surface area contributed by atoms with Crippen LogP contribution in [-0.4, -0.2) is 45.9 Å². The zero-order valence-corrected chi connectivity index (χ0v) is 20.6. The molecular formula is C25H27ClN2O5S. The zero-order chi connectivity index (χ0) is 24.6. The normalized spacial score (nSPS) is 11.3. The van der Waals surface area contributed by atoms with Crippen LogP contribution in [0.5, 0.6) is 11.5 Å². The molecule has 180 valence electrons. The first-order valence-corrected chi connectivity index (χ1v) is 12.4. The van der Waals surface area contributed by atoms with E-state index in [-0.39, 0.29) is 24.5 Å². The number of carbonyl (C=O) groups excluding carboxylic acids is 1. The Balaban J connectivity index is 1.78. The lowest BCUT2D eigenvalue weighted by Gasteiger charge is -2.22. The first-order chi connectivity index (χ1) is 16.3. The second-order valence-corrected chi connectivity index (χ2v) is 9.82. The molecule has 0 heterocycles. The predicted octanol–water partition coefficient (Wildman–Crippen LogP) is 3.91. The van der Waals surface area contributed by atoms with Crippen LogP contribution in [0.4, 0.5) is 0 Å². The van der Waals surface area contributed by atoms with Crippen LogP contribution in [0.1, 0.15) is 11.1 Å². The van der Waals surface area contributed by atoms with Crippen molar-refractivity contribution in [3.8, 4) is 11.5 Å². The summed E-state index contributed by atoms with van der Waals surface area (Å²) in [5.74, 6) is 0.683. The maximum Gasteiger partial charge on any atom is 0.243 e. The van der Waals surface area contributed by atoms with E-state index in [4.69, 9.17) is 21.1 Å². The summed E-state index contributed by atoms with van der Waals surface area (Å²) in [5, 5.41) is 3.21. The number of hydrogen-bond donors (Lipinski definition) is 1. The van der Waals surface area contributed by atoms with Crippen molar-refractivity contribution < 1.29 is 22.7 Å². The van der Waals surface area contributed by atoms with E-state index in [1.807, 2.05) is 30.3 Å². The molecule has 34 heavy (non-hydrogen) atoms. The van der Waals surface area contributed by atoms with Crippen LogP contribution in [0.2, 0.25) is 5.02 Å². The summed E-state index contributed by atoms with van der Waals surface area (Å²) >= 11 is 5.92. The molecule has 3 aromatic carbocycles. The monoisotopic (exact) mass is 502 g/mol. The predicted molar refractivity (Wildman–Crippen MR) is 132 cm³/mol. The molecule has 0 aliphatic heterocycles. The molecule has 1 amide bonds. The van der Waals surface area contributed by atoms with Gasteiger partial charge in [0.05, 0.1) is 37.8 Å². The van der Waals surface area contributed by atoms with E-state index < -0.39 is 15.9 Å². The molecule has 0 unspecified atom stereocenters. The Labute approximate surface area is 205 Å². The molecule has 0 fully saturated rings. The van der Waals surface area contributed by atoms with Gasteiger partial charge in [0.2, 0.25) is 15.9 Å². The van der Waals surface area contributed by atoms with Gasteiger partial charge >= 0.3 is 0 Å². The highest BCUT2D eigenvalue weighted by atomic mass is 35.5. The maximum absolute atomic E-state index is 13.3. The number of sulfonamides is 1. The molecular weight excluding hydrogens is 476 g/mol. The summed E-state index contributed by atoms with van der Waals surface area (Å²) in [4.78, 5) is 12.9. The number of amides is 1. The lowest BCUT2D eigenvalue weighted by atomic mass is 10.1. The Morgan fingerprint density at radius 3 is 2.12 bits per heavy atom. The van der Waals surface area contributed by atoms with E-state index in [0.717, 1.165) is 5.56 Å². The summed E-state index contributed by atoms with van der Waals surface area (Å²) < 4.78 is 38.6. The lowest BCUT2D eigenvalue weighted by Crippen LogP contribution is -2.41. The number of benzene rings is 3. The third-order valence-corrected chi connectivity index (χ3v) is 7.37. The smallest absolute Gasteiger partial charge is 0.243 e. The molecule has 0 aromatic heterocycles. The third kappa shape index (κ3) is 6.50. The molecule has 0 saturated heterocycles. The van der Waals surface area contributed by atoms with Crippen LogP contribution in [0.15, 0.2) is 77.7 Å². The van der Waals surface area contributed by atoms with Crippen LogP contribution in [0.25, 0.3) is 0 Å². The number of rotatable bonds is 11. The number of halogens is 1. The topological polar surface area (TPSA) is 84.9 Å². The van der Waals surface area contributed by atoms with E-state index in [2.05, 4.69) is 5.32 Å². The van der Waals surface area contributed by atoms with Crippen LogP contribution in [0.3, 0.4) is 0 Å². The maximum atomic E-state index is 13.3. The molecule has 3 rings (SSSR count). The zero-order valence-electron chi connectivity index (χ0n) is 19.0. The van der Waals surface area contributed by atoms with Crippen molar-refractivity contribution in [3.63, 3.8) is 0 Å². The molecule has 0 atom stereocenters. The minimum Gasteiger partial charge on any atom is -0.496 e. The van der Waals surface area contributed by atoms with E-state index in [9.17, 15) is 13.2 Å². The van der Waals surface area contributed by atoms with Crippen LogP contribution < -0.4 is 14.8 Å². The molecule has 0 radical (unpaired) electrons. The van der Waals surface area contributed by atoms with Gasteiger partial charge < -0.3 is 14.8 Å². The number of carbonyl (C=O) groups is 1. The average molecular weight is 503 g/mol. The van der Waals surface area contributed by atoms with Crippen molar-refractivity contribution >= 4 is 27.5 Å². The van der Waals surface area contributed by atoms with E-state index >= 15 is 0 Å². The van der Waals surface area contributed by atoms with Crippen molar-refractivity contribution in [3.05, 3.63) is 88.9 Å². The minimum atomic E-state index is -3.93. The Kier molecular flexibility index (Phi) is 8.92. The van der Waals surface area contributed by atoms with Gasteiger partial charge in [-0.15, -0.1) is 0 Å². The van der Waals surface area contributed by atoms with Crippen molar-refractivity contribution in [2.45, 2.75) is 17.9 Å². The van der Waals surface area contributed by atoms with Gasteiger partial charge in [0.25, 0.3) is 0 Å². The van der Waals surface area contributed by atoms with Gasteiger partial charge in [-0.25, -0.2) is 8.42 Å². The Morgan fingerprint density at radius 1 is 0.912 bits per heavy atom. The van der Waals surface area contributed by atoms with Gasteiger partial charge in [0, 0.05) is 11.6 Å². The highest BCUT2D eigenvalue weighted by molar-refractivity contribution is 7.89. The molecule has 0 aliphatic carbocycles.